The molecule has 0 spiro atoms. The van der Waals surface area contributed by atoms with Crippen LogP contribution in [0.4, 0.5) is 0 Å². The largest absolute Gasteiger partial charge is 0.337 e. The van der Waals surface area contributed by atoms with Crippen molar-refractivity contribution in [3.05, 3.63) is 70.8 Å². The maximum absolute atomic E-state index is 13.7. The number of amides is 1. The number of pyridine rings is 2. The lowest BCUT2D eigenvalue weighted by Gasteiger charge is -2.19. The fourth-order valence-corrected chi connectivity index (χ4v) is 4.38. The van der Waals surface area contributed by atoms with Crippen LogP contribution < -0.4 is 0 Å². The summed E-state index contributed by atoms with van der Waals surface area (Å²) in [5.41, 5.74) is 7.67. The van der Waals surface area contributed by atoms with Crippen LogP contribution in [0.1, 0.15) is 39.8 Å². The van der Waals surface area contributed by atoms with Crippen molar-refractivity contribution in [2.45, 2.75) is 40.8 Å². The summed E-state index contributed by atoms with van der Waals surface area (Å²) in [5.74, 6) is -0.0674. The van der Waals surface area contributed by atoms with E-state index in [1.807, 2.05) is 69.0 Å². The average Bonchev–Trinajstić information content (AvgIpc) is 3.44. The molecule has 0 saturated heterocycles. The van der Waals surface area contributed by atoms with Gasteiger partial charge in [-0.3, -0.25) is 19.6 Å². The Morgan fingerprint density at radius 3 is 2.59 bits per heavy atom. The van der Waals surface area contributed by atoms with Gasteiger partial charge in [-0.1, -0.05) is 11.6 Å². The third-order valence-corrected chi connectivity index (χ3v) is 6.34. The number of nitrogens with zero attached hydrogens (tertiary/aromatic N) is 6. The van der Waals surface area contributed by atoms with Crippen LogP contribution in [0.2, 0.25) is 0 Å². The Morgan fingerprint density at radius 2 is 1.82 bits per heavy atom. The summed E-state index contributed by atoms with van der Waals surface area (Å²) in [4.78, 5) is 25.1. The minimum Gasteiger partial charge on any atom is -0.337 e. The fourth-order valence-electron chi connectivity index (χ4n) is 4.38. The number of rotatable bonds is 5. The number of nitrogens with one attached hydrogen (secondary N) is 1. The van der Waals surface area contributed by atoms with Crippen molar-refractivity contribution >= 4 is 27.7 Å². The van der Waals surface area contributed by atoms with Gasteiger partial charge < -0.3 is 4.90 Å². The molecule has 4 heterocycles. The van der Waals surface area contributed by atoms with Gasteiger partial charge in [-0.05, 0) is 52.0 Å². The Kier molecular flexibility index (Phi) is 5.36. The van der Waals surface area contributed by atoms with Crippen molar-refractivity contribution in [1.82, 2.24) is 34.8 Å². The molecule has 5 aromatic rings. The standard InChI is InChI=1S/C26H27N7O/c1-6-33-17(4)18(12-28-33)14-32(5)26(34)20-10-24(30-22-8-7-15(2)9-19(20)22)25-11-23-21(13-27-31-23)16(3)29-25/h7-13H,6,14H2,1-5H3,(H,27,31). The summed E-state index contributed by atoms with van der Waals surface area (Å²) >= 11 is 0. The third-order valence-electron chi connectivity index (χ3n) is 6.34. The molecule has 0 fully saturated rings. The van der Waals surface area contributed by atoms with Crippen LogP contribution in [0.3, 0.4) is 0 Å². The van der Waals surface area contributed by atoms with Crippen molar-refractivity contribution in [3.8, 4) is 11.4 Å². The van der Waals surface area contributed by atoms with E-state index in [4.69, 9.17) is 9.97 Å². The molecular weight excluding hydrogens is 426 g/mol. The van der Waals surface area contributed by atoms with Gasteiger partial charge in [0.1, 0.15) is 0 Å². The van der Waals surface area contributed by atoms with Gasteiger partial charge >= 0.3 is 0 Å². The van der Waals surface area contributed by atoms with Crippen molar-refractivity contribution in [2.24, 2.45) is 0 Å². The molecule has 1 aromatic carbocycles. The van der Waals surface area contributed by atoms with Crippen molar-refractivity contribution in [3.63, 3.8) is 0 Å². The number of fused-ring (bicyclic) bond motifs is 2. The van der Waals surface area contributed by atoms with Crippen molar-refractivity contribution in [2.75, 3.05) is 7.05 Å². The second kappa shape index (κ2) is 8.37. The van der Waals surface area contributed by atoms with Crippen molar-refractivity contribution in [1.29, 1.82) is 0 Å². The lowest BCUT2D eigenvalue weighted by Crippen LogP contribution is -2.27. The zero-order valence-corrected chi connectivity index (χ0v) is 20.0. The first-order valence-corrected chi connectivity index (χ1v) is 11.3. The lowest BCUT2D eigenvalue weighted by molar-refractivity contribution is 0.0787. The van der Waals surface area contributed by atoms with Gasteiger partial charge in [-0.2, -0.15) is 10.2 Å². The molecule has 0 aliphatic heterocycles. The summed E-state index contributed by atoms with van der Waals surface area (Å²) in [6.07, 6.45) is 3.61. The van der Waals surface area contributed by atoms with Crippen LogP contribution in [0.25, 0.3) is 33.2 Å². The first-order valence-electron chi connectivity index (χ1n) is 11.3. The number of aromatic nitrogens is 6. The quantitative estimate of drug-likeness (QED) is 0.420. The van der Waals surface area contributed by atoms with Crippen LogP contribution in [0.15, 0.2) is 42.7 Å². The molecule has 0 aliphatic rings. The Hall–Kier alpha value is -4.07. The maximum Gasteiger partial charge on any atom is 0.254 e. The molecule has 1 N–H and O–H groups in total. The number of aromatic amines is 1. The smallest absolute Gasteiger partial charge is 0.254 e. The fraction of sp³-hybridized carbons (Fsp3) is 0.269. The monoisotopic (exact) mass is 453 g/mol. The van der Waals surface area contributed by atoms with E-state index in [2.05, 4.69) is 22.2 Å². The molecule has 8 nitrogen and oxygen atoms in total. The number of hydrogen-bond acceptors (Lipinski definition) is 5. The average molecular weight is 454 g/mol. The van der Waals surface area contributed by atoms with E-state index in [9.17, 15) is 4.79 Å². The van der Waals surface area contributed by atoms with Gasteiger partial charge in [0.2, 0.25) is 0 Å². The van der Waals surface area contributed by atoms with E-state index in [-0.39, 0.29) is 5.91 Å². The molecule has 34 heavy (non-hydrogen) atoms. The molecule has 172 valence electrons. The van der Waals surface area contributed by atoms with Crippen LogP contribution >= 0.6 is 0 Å². The maximum atomic E-state index is 13.7. The Bertz CT molecular complexity index is 1550. The van der Waals surface area contributed by atoms with Gasteiger partial charge in [-0.25, -0.2) is 4.98 Å². The summed E-state index contributed by atoms with van der Waals surface area (Å²) in [6.45, 7) is 9.34. The molecule has 8 heteroatoms. The SMILES string of the molecule is CCn1ncc(CN(C)C(=O)c2cc(-c3cc4[nH]ncc4c(C)n3)nc3ccc(C)cc23)c1C. The van der Waals surface area contributed by atoms with E-state index in [1.165, 1.54) is 0 Å². The van der Waals surface area contributed by atoms with Crippen LogP contribution in [0.5, 0.6) is 0 Å². The normalized spacial score (nSPS) is 11.4. The van der Waals surface area contributed by atoms with E-state index < -0.39 is 0 Å². The van der Waals surface area contributed by atoms with Crippen LogP contribution in [0, 0.1) is 20.8 Å². The summed E-state index contributed by atoms with van der Waals surface area (Å²) in [5, 5.41) is 13.4. The molecule has 0 unspecified atom stereocenters. The molecule has 0 bridgehead atoms. The van der Waals surface area contributed by atoms with E-state index in [0.717, 1.165) is 50.9 Å². The first kappa shape index (κ1) is 21.8. The van der Waals surface area contributed by atoms with Gasteiger partial charge in [0, 0.05) is 47.9 Å². The van der Waals surface area contributed by atoms with E-state index in [1.54, 1.807) is 11.1 Å². The second-order valence-electron chi connectivity index (χ2n) is 8.73. The Balaban J connectivity index is 1.60. The lowest BCUT2D eigenvalue weighted by atomic mass is 10.0. The van der Waals surface area contributed by atoms with Crippen molar-refractivity contribution < 1.29 is 4.79 Å². The van der Waals surface area contributed by atoms with Gasteiger partial charge in [0.05, 0.1) is 40.4 Å². The molecule has 0 radical (unpaired) electrons. The summed E-state index contributed by atoms with van der Waals surface area (Å²) in [6, 6.07) is 9.77. The Morgan fingerprint density at radius 1 is 1.03 bits per heavy atom. The molecule has 0 atom stereocenters. The predicted molar refractivity (Wildman–Crippen MR) is 133 cm³/mol. The third kappa shape index (κ3) is 3.71. The molecule has 0 aliphatic carbocycles. The van der Waals surface area contributed by atoms with E-state index in [0.29, 0.717) is 23.5 Å². The number of carbonyl (C=O) groups excluding carboxylic acids is 1. The molecular formula is C26H27N7O. The van der Waals surface area contributed by atoms with E-state index >= 15 is 0 Å². The molecule has 0 saturated carbocycles. The minimum absolute atomic E-state index is 0.0674. The minimum atomic E-state index is -0.0674. The number of aryl methyl sites for hydroxylation is 3. The Labute approximate surface area is 197 Å². The zero-order chi connectivity index (χ0) is 24.0. The van der Waals surface area contributed by atoms with Gasteiger partial charge in [0.15, 0.2) is 0 Å². The van der Waals surface area contributed by atoms with Gasteiger partial charge in [0.25, 0.3) is 5.91 Å². The zero-order valence-electron chi connectivity index (χ0n) is 20.0. The van der Waals surface area contributed by atoms with Crippen LogP contribution in [-0.4, -0.2) is 47.8 Å². The highest BCUT2D eigenvalue weighted by Crippen LogP contribution is 2.28. The summed E-state index contributed by atoms with van der Waals surface area (Å²) in [7, 11) is 1.83. The first-order chi connectivity index (χ1) is 16.4. The number of H-pyrrole nitrogens is 1. The second-order valence-corrected chi connectivity index (χ2v) is 8.73. The topological polar surface area (TPSA) is 92.6 Å². The molecule has 5 rings (SSSR count). The molecule has 1 amide bonds. The number of carbonyl (C=O) groups is 1. The number of hydrogen-bond donors (Lipinski definition) is 1. The number of benzene rings is 1. The van der Waals surface area contributed by atoms with Crippen LogP contribution in [-0.2, 0) is 13.1 Å². The highest BCUT2D eigenvalue weighted by Gasteiger charge is 2.20. The van der Waals surface area contributed by atoms with Gasteiger partial charge in [-0.15, -0.1) is 0 Å². The highest BCUT2D eigenvalue weighted by molar-refractivity contribution is 6.07. The summed E-state index contributed by atoms with van der Waals surface area (Å²) < 4.78 is 1.94. The highest BCUT2D eigenvalue weighted by atomic mass is 16.2. The molecule has 4 aromatic heterocycles. The predicted octanol–water partition coefficient (Wildman–Crippen LogP) is 4.59.